The summed E-state index contributed by atoms with van der Waals surface area (Å²) >= 11 is 6.81. The number of anilines is 1. The maximum atomic E-state index is 11.3. The van der Waals surface area contributed by atoms with E-state index in [2.05, 4.69) is 74.8 Å². The Labute approximate surface area is 317 Å². The van der Waals surface area contributed by atoms with Gasteiger partial charge in [0.15, 0.2) is 0 Å². The SMILES string of the molecule is CC(=O)NCCNCc1cc(Cl)c(OCc2cccc(-c3cccc4c3CCN4CCCN3CCC(O)CC3)c2C)cc1OCc1cncc(C#N)c1. The van der Waals surface area contributed by atoms with Crippen molar-refractivity contribution in [1.82, 2.24) is 20.5 Å². The fourth-order valence-electron chi connectivity index (χ4n) is 7.20. The number of hydrogen-bond acceptors (Lipinski definition) is 9. The molecule has 11 heteroatoms. The second-order valence-corrected chi connectivity index (χ2v) is 14.3. The molecular weight excluding hydrogens is 688 g/mol. The Balaban J connectivity index is 1.14. The summed E-state index contributed by atoms with van der Waals surface area (Å²) < 4.78 is 12.7. The van der Waals surface area contributed by atoms with Crippen LogP contribution in [0.1, 0.15) is 59.6 Å². The summed E-state index contributed by atoms with van der Waals surface area (Å²) in [5.74, 6) is 1.03. The Hall–Kier alpha value is -4.66. The van der Waals surface area contributed by atoms with Gasteiger partial charge in [-0.25, -0.2) is 0 Å². The summed E-state index contributed by atoms with van der Waals surface area (Å²) in [7, 11) is 0. The van der Waals surface area contributed by atoms with Crippen molar-refractivity contribution in [2.24, 2.45) is 0 Å². The number of aliphatic hydroxyl groups is 1. The maximum absolute atomic E-state index is 11.3. The molecule has 278 valence electrons. The zero-order valence-electron chi connectivity index (χ0n) is 30.7. The lowest BCUT2D eigenvalue weighted by Crippen LogP contribution is -2.37. The monoisotopic (exact) mass is 736 g/mol. The molecule has 0 bridgehead atoms. The Morgan fingerprint density at radius 2 is 1.77 bits per heavy atom. The Bertz CT molecular complexity index is 1920. The molecule has 2 aliphatic heterocycles. The van der Waals surface area contributed by atoms with Gasteiger partial charge in [0.2, 0.25) is 5.91 Å². The van der Waals surface area contributed by atoms with Gasteiger partial charge >= 0.3 is 0 Å². The summed E-state index contributed by atoms with van der Waals surface area (Å²) in [6.07, 6.45) is 6.96. The zero-order valence-corrected chi connectivity index (χ0v) is 31.4. The highest BCUT2D eigenvalue weighted by molar-refractivity contribution is 6.32. The molecule has 0 unspecified atom stereocenters. The average molecular weight is 737 g/mol. The molecule has 1 fully saturated rings. The molecule has 1 aromatic heterocycles. The molecule has 2 aliphatic rings. The van der Waals surface area contributed by atoms with Gasteiger partial charge in [-0.2, -0.15) is 5.26 Å². The van der Waals surface area contributed by atoms with E-state index in [1.54, 1.807) is 12.3 Å². The van der Waals surface area contributed by atoms with Gasteiger partial charge in [-0.3, -0.25) is 9.78 Å². The number of carbonyl (C=O) groups is 1. The number of nitrogens with zero attached hydrogens (tertiary/aromatic N) is 4. The van der Waals surface area contributed by atoms with Crippen molar-refractivity contribution in [3.63, 3.8) is 0 Å². The molecule has 1 saturated heterocycles. The molecular formula is C42H49ClN6O4. The first-order valence-corrected chi connectivity index (χ1v) is 18.9. The van der Waals surface area contributed by atoms with Crippen LogP contribution < -0.4 is 25.0 Å². The largest absolute Gasteiger partial charge is 0.488 e. The van der Waals surface area contributed by atoms with Gasteiger partial charge in [-0.1, -0.05) is 41.9 Å². The zero-order chi connectivity index (χ0) is 37.2. The molecule has 53 heavy (non-hydrogen) atoms. The van der Waals surface area contributed by atoms with E-state index >= 15 is 0 Å². The number of rotatable bonds is 16. The van der Waals surface area contributed by atoms with Crippen LogP contribution in [0, 0.1) is 18.3 Å². The number of piperidine rings is 1. The second kappa shape index (κ2) is 18.4. The van der Waals surface area contributed by atoms with Gasteiger partial charge in [-0.05, 0) is 85.2 Å². The molecule has 0 aliphatic carbocycles. The number of benzene rings is 3. The van der Waals surface area contributed by atoms with E-state index in [9.17, 15) is 15.2 Å². The van der Waals surface area contributed by atoms with E-state index < -0.39 is 0 Å². The predicted molar refractivity (Wildman–Crippen MR) is 208 cm³/mol. The first-order valence-electron chi connectivity index (χ1n) is 18.5. The molecule has 0 atom stereocenters. The quantitative estimate of drug-likeness (QED) is 0.116. The highest BCUT2D eigenvalue weighted by Gasteiger charge is 2.24. The first-order chi connectivity index (χ1) is 25.8. The fourth-order valence-corrected chi connectivity index (χ4v) is 7.44. The number of aromatic nitrogens is 1. The summed E-state index contributed by atoms with van der Waals surface area (Å²) in [6, 6.07) is 20.6. The van der Waals surface area contributed by atoms with Gasteiger partial charge in [-0.15, -0.1) is 0 Å². The number of ether oxygens (including phenoxy) is 2. The van der Waals surface area contributed by atoms with Crippen LogP contribution in [-0.2, 0) is 31.0 Å². The van der Waals surface area contributed by atoms with Crippen LogP contribution in [0.3, 0.4) is 0 Å². The summed E-state index contributed by atoms with van der Waals surface area (Å²) in [5, 5.41) is 25.7. The van der Waals surface area contributed by atoms with E-state index in [1.807, 2.05) is 12.1 Å². The molecule has 1 amide bonds. The number of nitriles is 1. The molecule has 0 saturated carbocycles. The number of amides is 1. The van der Waals surface area contributed by atoms with Crippen LogP contribution in [0.5, 0.6) is 11.5 Å². The molecule has 3 N–H and O–H groups in total. The topological polar surface area (TPSA) is 123 Å². The third kappa shape index (κ3) is 10.1. The number of pyridine rings is 1. The molecule has 3 aromatic carbocycles. The number of likely N-dealkylation sites (tertiary alicyclic amines) is 1. The first kappa shape index (κ1) is 38.1. The second-order valence-electron chi connectivity index (χ2n) is 13.9. The van der Waals surface area contributed by atoms with Crippen LogP contribution in [0.4, 0.5) is 5.69 Å². The van der Waals surface area contributed by atoms with Gasteiger partial charge in [0.25, 0.3) is 0 Å². The maximum Gasteiger partial charge on any atom is 0.216 e. The molecule has 0 radical (unpaired) electrons. The molecule has 10 nitrogen and oxygen atoms in total. The van der Waals surface area contributed by atoms with E-state index in [-0.39, 0.29) is 18.6 Å². The van der Waals surface area contributed by atoms with Crippen LogP contribution in [0.25, 0.3) is 11.1 Å². The van der Waals surface area contributed by atoms with Crippen molar-refractivity contribution in [2.75, 3.05) is 50.7 Å². The molecule has 3 heterocycles. The summed E-state index contributed by atoms with van der Waals surface area (Å²) in [4.78, 5) is 20.4. The summed E-state index contributed by atoms with van der Waals surface area (Å²) in [6.45, 7) is 10.8. The average Bonchev–Trinajstić information content (AvgIpc) is 3.58. The van der Waals surface area contributed by atoms with Gasteiger partial charge in [0.05, 0.1) is 16.7 Å². The predicted octanol–water partition coefficient (Wildman–Crippen LogP) is 6.18. The van der Waals surface area contributed by atoms with Crippen molar-refractivity contribution in [3.8, 4) is 28.7 Å². The molecule has 4 aromatic rings. The van der Waals surface area contributed by atoms with Crippen LogP contribution in [0.2, 0.25) is 5.02 Å². The van der Waals surface area contributed by atoms with Crippen LogP contribution in [-0.4, -0.2) is 72.8 Å². The smallest absolute Gasteiger partial charge is 0.216 e. The normalized spacial score (nSPS) is 14.5. The van der Waals surface area contributed by atoms with Gasteiger partial charge in [0, 0.05) is 88.0 Å². The lowest BCUT2D eigenvalue weighted by Gasteiger charge is -2.30. The Kier molecular flexibility index (Phi) is 13.2. The van der Waals surface area contributed by atoms with Crippen molar-refractivity contribution in [3.05, 3.63) is 105 Å². The fraction of sp³-hybridized carbons (Fsp3) is 0.405. The number of nitrogens with one attached hydrogen (secondary N) is 2. The van der Waals surface area contributed by atoms with Crippen LogP contribution in [0.15, 0.2) is 67.0 Å². The minimum atomic E-state index is -0.132. The highest BCUT2D eigenvalue weighted by Crippen LogP contribution is 2.39. The Morgan fingerprint density at radius 1 is 0.981 bits per heavy atom. The number of fused-ring (bicyclic) bond motifs is 1. The van der Waals surface area contributed by atoms with E-state index in [0.717, 1.165) is 75.1 Å². The third-order valence-electron chi connectivity index (χ3n) is 10.1. The lowest BCUT2D eigenvalue weighted by molar-refractivity contribution is -0.118. The molecule has 6 rings (SSSR count). The van der Waals surface area contributed by atoms with Crippen molar-refractivity contribution < 1.29 is 19.4 Å². The minimum absolute atomic E-state index is 0.0774. The third-order valence-corrected chi connectivity index (χ3v) is 10.4. The highest BCUT2D eigenvalue weighted by atomic mass is 35.5. The van der Waals surface area contributed by atoms with E-state index in [0.29, 0.717) is 48.3 Å². The lowest BCUT2D eigenvalue weighted by atomic mass is 9.92. The molecule has 0 spiro atoms. The van der Waals surface area contributed by atoms with E-state index in [1.165, 1.54) is 41.1 Å². The van der Waals surface area contributed by atoms with Crippen molar-refractivity contribution in [2.45, 2.75) is 65.4 Å². The van der Waals surface area contributed by atoms with Gasteiger partial charge in [0.1, 0.15) is 30.8 Å². The van der Waals surface area contributed by atoms with E-state index in [4.69, 9.17) is 21.1 Å². The number of carbonyl (C=O) groups excluding carboxylic acids is 1. The van der Waals surface area contributed by atoms with Crippen LogP contribution >= 0.6 is 11.6 Å². The van der Waals surface area contributed by atoms with Crippen molar-refractivity contribution in [1.29, 1.82) is 5.26 Å². The minimum Gasteiger partial charge on any atom is -0.488 e. The van der Waals surface area contributed by atoms with Gasteiger partial charge < -0.3 is 35.0 Å². The van der Waals surface area contributed by atoms with Crippen molar-refractivity contribution >= 4 is 23.2 Å². The number of halogens is 1. The number of hydrogen-bond donors (Lipinski definition) is 3. The summed E-state index contributed by atoms with van der Waals surface area (Å²) in [5.41, 5.74) is 9.53. The number of aliphatic hydroxyl groups excluding tert-OH is 1. The standard InChI is InChI=1S/C42H49ClN6O4/c1-29-33(6-3-7-36(29)37-8-4-9-40-38(37)12-19-49(40)16-5-15-48-17-10-35(51)11-18-48)28-53-42-22-41(52-27-32-20-31(23-44)24-46-25-32)34(21-39(42)43)26-45-13-14-47-30(2)50/h3-4,6-9,20-22,24-25,35,45,51H,5,10-19,26-28H2,1-2H3,(H,47,50). The Morgan fingerprint density at radius 3 is 2.58 bits per heavy atom.